The molecular formula is C16H12F2O5. The van der Waals surface area contributed by atoms with Gasteiger partial charge in [-0.05, 0) is 29.8 Å². The highest BCUT2D eigenvalue weighted by molar-refractivity contribution is 5.89. The van der Waals surface area contributed by atoms with Gasteiger partial charge in [0.2, 0.25) is 0 Å². The van der Waals surface area contributed by atoms with Crippen LogP contribution in [0, 0.1) is 0 Å². The summed E-state index contributed by atoms with van der Waals surface area (Å²) in [5, 5.41) is 8.27. The van der Waals surface area contributed by atoms with Crippen LogP contribution in [0.25, 0.3) is 0 Å². The van der Waals surface area contributed by atoms with Gasteiger partial charge in [-0.15, -0.1) is 0 Å². The average Bonchev–Trinajstić information content (AvgIpc) is 2.54. The molecule has 2 aromatic rings. The second kappa shape index (κ2) is 6.87. The molecule has 23 heavy (non-hydrogen) atoms. The predicted octanol–water partition coefficient (Wildman–Crippen LogP) is 3.10. The number of halogens is 2. The van der Waals surface area contributed by atoms with Crippen molar-refractivity contribution in [1.82, 2.24) is 0 Å². The normalized spacial score (nSPS) is 10.9. The van der Waals surface area contributed by atoms with Crippen LogP contribution in [-0.4, -0.2) is 23.2 Å². The fraction of sp³-hybridized carbons (Fsp3) is 0.125. The van der Waals surface area contributed by atoms with E-state index in [-0.39, 0.29) is 17.9 Å². The van der Waals surface area contributed by atoms with Gasteiger partial charge in [-0.2, -0.15) is 8.78 Å². The molecule has 1 N–H and O–H groups in total. The number of esters is 1. The lowest BCUT2D eigenvalue weighted by Gasteiger charge is -2.13. The molecule has 0 atom stereocenters. The zero-order valence-corrected chi connectivity index (χ0v) is 11.7. The average molecular weight is 322 g/mol. The van der Waals surface area contributed by atoms with Crippen molar-refractivity contribution >= 4 is 11.9 Å². The molecule has 0 aliphatic rings. The monoisotopic (exact) mass is 322 g/mol. The minimum Gasteiger partial charge on any atom is -0.474 e. The summed E-state index contributed by atoms with van der Waals surface area (Å²) in [6.45, 7) is 0.0784. The third-order valence-corrected chi connectivity index (χ3v) is 2.80. The van der Waals surface area contributed by atoms with Crippen LogP contribution in [0.4, 0.5) is 8.78 Å². The van der Waals surface area contributed by atoms with E-state index in [1.54, 1.807) is 24.3 Å². The van der Waals surface area contributed by atoms with Gasteiger partial charge in [0.25, 0.3) is 0 Å². The molecule has 0 unspecified atom stereocenters. The summed E-state index contributed by atoms with van der Waals surface area (Å²) in [6.07, 6.45) is -4.34. The molecule has 0 fully saturated rings. The second-order valence-corrected chi connectivity index (χ2v) is 4.51. The quantitative estimate of drug-likeness (QED) is 0.827. The lowest BCUT2D eigenvalue weighted by molar-refractivity contribution is -0.210. The van der Waals surface area contributed by atoms with Crippen molar-refractivity contribution in [2.45, 2.75) is 12.7 Å². The SMILES string of the molecule is O=C(OCc1ccccc1)c1ccc(OC(F)(F)C(=O)O)cc1. The van der Waals surface area contributed by atoms with Crippen LogP contribution in [0.15, 0.2) is 54.6 Å². The minimum absolute atomic E-state index is 0.0784. The maximum absolute atomic E-state index is 12.9. The summed E-state index contributed by atoms with van der Waals surface area (Å²) in [7, 11) is 0. The molecule has 0 saturated heterocycles. The Balaban J connectivity index is 1.96. The molecule has 2 aromatic carbocycles. The number of alkyl halides is 2. The van der Waals surface area contributed by atoms with Crippen LogP contribution in [0.3, 0.4) is 0 Å². The number of carboxylic acids is 1. The Labute approximate surface area is 130 Å². The first-order chi connectivity index (χ1) is 10.9. The number of carbonyl (C=O) groups excluding carboxylic acids is 1. The van der Waals surface area contributed by atoms with E-state index in [1.807, 2.05) is 6.07 Å². The standard InChI is InChI=1S/C16H12F2O5/c17-16(18,15(20)21)23-13-8-6-12(7-9-13)14(19)22-10-11-4-2-1-3-5-11/h1-9H,10H2,(H,20,21). The molecule has 0 aliphatic carbocycles. The highest BCUT2D eigenvalue weighted by Crippen LogP contribution is 2.22. The highest BCUT2D eigenvalue weighted by atomic mass is 19.3. The molecule has 0 saturated carbocycles. The summed E-state index contributed by atoms with van der Waals surface area (Å²) >= 11 is 0. The number of carboxylic acid groups (broad SMARTS) is 1. The van der Waals surface area contributed by atoms with E-state index in [9.17, 15) is 18.4 Å². The van der Waals surface area contributed by atoms with Crippen molar-refractivity contribution < 1.29 is 33.0 Å². The molecule has 0 spiro atoms. The summed E-state index contributed by atoms with van der Waals surface area (Å²) in [5.74, 6) is -3.41. The maximum Gasteiger partial charge on any atom is 0.501 e. The topological polar surface area (TPSA) is 72.8 Å². The molecule has 5 nitrogen and oxygen atoms in total. The van der Waals surface area contributed by atoms with E-state index in [4.69, 9.17) is 9.84 Å². The van der Waals surface area contributed by atoms with E-state index < -0.39 is 18.0 Å². The Bertz CT molecular complexity index is 683. The van der Waals surface area contributed by atoms with Crippen LogP contribution in [0.2, 0.25) is 0 Å². The first-order valence-corrected chi connectivity index (χ1v) is 6.50. The van der Waals surface area contributed by atoms with E-state index in [0.29, 0.717) is 0 Å². The predicted molar refractivity (Wildman–Crippen MR) is 75.2 cm³/mol. The molecule has 7 heteroatoms. The third kappa shape index (κ3) is 4.50. The zero-order valence-electron chi connectivity index (χ0n) is 11.7. The summed E-state index contributed by atoms with van der Waals surface area (Å²) in [5.41, 5.74) is 0.939. The Morgan fingerprint density at radius 2 is 1.61 bits per heavy atom. The van der Waals surface area contributed by atoms with Gasteiger partial charge in [0, 0.05) is 0 Å². The van der Waals surface area contributed by atoms with Crippen molar-refractivity contribution in [2.75, 3.05) is 0 Å². The van der Waals surface area contributed by atoms with Crippen LogP contribution in [0.5, 0.6) is 5.75 Å². The number of hydrogen-bond acceptors (Lipinski definition) is 4. The zero-order chi connectivity index (χ0) is 16.9. The number of hydrogen-bond donors (Lipinski definition) is 1. The van der Waals surface area contributed by atoms with E-state index in [2.05, 4.69) is 4.74 Å². The summed E-state index contributed by atoms with van der Waals surface area (Å²) in [6, 6.07) is 13.6. The molecule has 0 aromatic heterocycles. The molecule has 2 rings (SSSR count). The molecular weight excluding hydrogens is 310 g/mol. The van der Waals surface area contributed by atoms with Crippen molar-refractivity contribution in [3.63, 3.8) is 0 Å². The van der Waals surface area contributed by atoms with Gasteiger partial charge in [0.05, 0.1) is 5.56 Å². The third-order valence-electron chi connectivity index (χ3n) is 2.80. The number of carbonyl (C=O) groups is 2. The number of ether oxygens (including phenoxy) is 2. The number of aliphatic carboxylic acids is 1. The lowest BCUT2D eigenvalue weighted by atomic mass is 10.2. The Morgan fingerprint density at radius 3 is 2.17 bits per heavy atom. The van der Waals surface area contributed by atoms with Crippen molar-refractivity contribution in [3.05, 3.63) is 65.7 Å². The van der Waals surface area contributed by atoms with Crippen molar-refractivity contribution in [3.8, 4) is 5.75 Å². The van der Waals surface area contributed by atoms with Gasteiger partial charge in [0.15, 0.2) is 0 Å². The Morgan fingerprint density at radius 1 is 1.00 bits per heavy atom. The fourth-order valence-electron chi connectivity index (χ4n) is 1.66. The Kier molecular flexibility index (Phi) is 4.90. The summed E-state index contributed by atoms with van der Waals surface area (Å²) in [4.78, 5) is 22.1. The molecule has 0 aliphatic heterocycles. The first-order valence-electron chi connectivity index (χ1n) is 6.50. The van der Waals surface area contributed by atoms with E-state index >= 15 is 0 Å². The van der Waals surface area contributed by atoms with Gasteiger partial charge < -0.3 is 14.6 Å². The fourth-order valence-corrected chi connectivity index (χ4v) is 1.66. The molecule has 0 heterocycles. The van der Waals surface area contributed by atoms with Crippen LogP contribution in [0.1, 0.15) is 15.9 Å². The van der Waals surface area contributed by atoms with Gasteiger partial charge in [-0.3, -0.25) is 0 Å². The smallest absolute Gasteiger partial charge is 0.474 e. The number of benzene rings is 2. The molecule has 0 amide bonds. The lowest BCUT2D eigenvalue weighted by Crippen LogP contribution is -2.34. The molecule has 0 radical (unpaired) electrons. The summed E-state index contributed by atoms with van der Waals surface area (Å²) < 4.78 is 34.9. The van der Waals surface area contributed by atoms with E-state index in [1.165, 1.54) is 12.1 Å². The van der Waals surface area contributed by atoms with E-state index in [0.717, 1.165) is 17.7 Å². The van der Waals surface area contributed by atoms with Crippen LogP contribution in [-0.2, 0) is 16.1 Å². The van der Waals surface area contributed by atoms with Gasteiger partial charge in [0.1, 0.15) is 12.4 Å². The van der Waals surface area contributed by atoms with Crippen LogP contribution < -0.4 is 4.74 Å². The number of rotatable bonds is 6. The highest BCUT2D eigenvalue weighted by Gasteiger charge is 2.42. The Hall–Kier alpha value is -2.96. The van der Waals surface area contributed by atoms with Gasteiger partial charge >= 0.3 is 18.0 Å². The largest absolute Gasteiger partial charge is 0.501 e. The van der Waals surface area contributed by atoms with Crippen LogP contribution >= 0.6 is 0 Å². The maximum atomic E-state index is 12.9. The van der Waals surface area contributed by atoms with Crippen molar-refractivity contribution in [1.29, 1.82) is 0 Å². The van der Waals surface area contributed by atoms with Crippen molar-refractivity contribution in [2.24, 2.45) is 0 Å². The minimum atomic E-state index is -4.34. The first kappa shape index (κ1) is 16.4. The van der Waals surface area contributed by atoms with Gasteiger partial charge in [-0.1, -0.05) is 30.3 Å². The molecule has 120 valence electrons. The second-order valence-electron chi connectivity index (χ2n) is 4.51. The van der Waals surface area contributed by atoms with Gasteiger partial charge in [-0.25, -0.2) is 9.59 Å². The molecule has 0 bridgehead atoms.